The van der Waals surface area contributed by atoms with Gasteiger partial charge in [0.1, 0.15) is 0 Å². The molecule has 1 saturated heterocycles. The zero-order chi connectivity index (χ0) is 21.9. The lowest BCUT2D eigenvalue weighted by molar-refractivity contribution is -0.128. The Morgan fingerprint density at radius 2 is 1.90 bits per heavy atom. The van der Waals surface area contributed by atoms with Crippen molar-refractivity contribution in [3.8, 4) is 11.5 Å². The molecule has 1 heterocycles. The van der Waals surface area contributed by atoms with Crippen LogP contribution >= 0.6 is 0 Å². The van der Waals surface area contributed by atoms with Crippen LogP contribution < -0.4 is 20.5 Å². The number of nitrogens with one attached hydrogen (secondary N) is 1. The highest BCUT2D eigenvalue weighted by Crippen LogP contribution is 2.28. The van der Waals surface area contributed by atoms with Crippen molar-refractivity contribution in [3.05, 3.63) is 29.8 Å². The standard InChI is InChI=1S/C21H30N4O5/c1-3-8-23-20(27)14-24-9-11-25(12-10-24)21(28)7-5-16-4-6-17(18(13-16)29-2)30-15-19(22)26/h4-7,13H,3,8-12,14-15H2,1-2H3,(H2,22,26)(H,23,27)/b7-5+. The van der Waals surface area contributed by atoms with Crippen molar-refractivity contribution in [1.82, 2.24) is 15.1 Å². The number of methoxy groups -OCH3 is 1. The Bertz CT molecular complexity index is 773. The predicted octanol–water partition coefficient (Wildman–Crippen LogP) is 0.243. The minimum Gasteiger partial charge on any atom is -0.493 e. The molecule has 9 heteroatoms. The highest BCUT2D eigenvalue weighted by atomic mass is 16.5. The Morgan fingerprint density at radius 1 is 1.17 bits per heavy atom. The maximum absolute atomic E-state index is 12.5. The van der Waals surface area contributed by atoms with E-state index in [1.54, 1.807) is 29.2 Å². The monoisotopic (exact) mass is 418 g/mol. The van der Waals surface area contributed by atoms with E-state index in [4.69, 9.17) is 15.2 Å². The average molecular weight is 418 g/mol. The lowest BCUT2D eigenvalue weighted by Gasteiger charge is -2.33. The summed E-state index contributed by atoms with van der Waals surface area (Å²) in [5, 5.41) is 2.86. The minimum atomic E-state index is -0.576. The fourth-order valence-corrected chi connectivity index (χ4v) is 2.98. The van der Waals surface area contributed by atoms with Gasteiger partial charge in [0, 0.05) is 38.8 Å². The molecular weight excluding hydrogens is 388 g/mol. The molecule has 30 heavy (non-hydrogen) atoms. The molecular formula is C21H30N4O5. The topological polar surface area (TPSA) is 114 Å². The Morgan fingerprint density at radius 3 is 2.53 bits per heavy atom. The van der Waals surface area contributed by atoms with E-state index in [1.165, 1.54) is 13.2 Å². The van der Waals surface area contributed by atoms with Gasteiger partial charge in [0.2, 0.25) is 11.8 Å². The van der Waals surface area contributed by atoms with Gasteiger partial charge in [0.25, 0.3) is 5.91 Å². The number of carbonyl (C=O) groups is 3. The number of primary amides is 1. The van der Waals surface area contributed by atoms with Crippen LogP contribution in [-0.2, 0) is 14.4 Å². The van der Waals surface area contributed by atoms with Crippen LogP contribution in [0.3, 0.4) is 0 Å². The number of nitrogens with two attached hydrogens (primary N) is 1. The summed E-state index contributed by atoms with van der Waals surface area (Å²) in [5.74, 6) is 0.208. The van der Waals surface area contributed by atoms with E-state index < -0.39 is 5.91 Å². The number of amides is 3. The number of rotatable bonds is 10. The van der Waals surface area contributed by atoms with Crippen LogP contribution in [0.4, 0.5) is 0 Å². The number of benzene rings is 1. The largest absolute Gasteiger partial charge is 0.493 e. The molecule has 0 aromatic heterocycles. The van der Waals surface area contributed by atoms with Gasteiger partial charge in [-0.05, 0) is 30.2 Å². The highest BCUT2D eigenvalue weighted by molar-refractivity contribution is 5.92. The maximum Gasteiger partial charge on any atom is 0.255 e. The molecule has 0 bridgehead atoms. The first-order chi connectivity index (χ1) is 14.4. The fourth-order valence-electron chi connectivity index (χ4n) is 2.98. The Kier molecular flexibility index (Phi) is 9.14. The van der Waals surface area contributed by atoms with Crippen molar-refractivity contribution in [2.45, 2.75) is 13.3 Å². The highest BCUT2D eigenvalue weighted by Gasteiger charge is 2.21. The van der Waals surface area contributed by atoms with Crippen LogP contribution in [-0.4, -0.2) is 80.5 Å². The van der Waals surface area contributed by atoms with Gasteiger partial charge in [-0.2, -0.15) is 0 Å². The quantitative estimate of drug-likeness (QED) is 0.526. The van der Waals surface area contributed by atoms with Crippen LogP contribution in [0.2, 0.25) is 0 Å². The lowest BCUT2D eigenvalue weighted by atomic mass is 10.2. The van der Waals surface area contributed by atoms with Crippen molar-refractivity contribution in [1.29, 1.82) is 0 Å². The summed E-state index contributed by atoms with van der Waals surface area (Å²) in [6.45, 7) is 5.31. The minimum absolute atomic E-state index is 0.0220. The van der Waals surface area contributed by atoms with Gasteiger partial charge < -0.3 is 25.4 Å². The van der Waals surface area contributed by atoms with Crippen LogP contribution in [0.1, 0.15) is 18.9 Å². The number of nitrogens with zero attached hydrogens (tertiary/aromatic N) is 2. The van der Waals surface area contributed by atoms with E-state index in [9.17, 15) is 14.4 Å². The Labute approximate surface area is 176 Å². The Hall–Kier alpha value is -3.07. The van der Waals surface area contributed by atoms with E-state index in [1.807, 2.05) is 11.8 Å². The maximum atomic E-state index is 12.5. The molecule has 3 amide bonds. The van der Waals surface area contributed by atoms with Gasteiger partial charge in [-0.25, -0.2) is 0 Å². The van der Waals surface area contributed by atoms with Crippen LogP contribution in [0.5, 0.6) is 11.5 Å². The number of hydrogen-bond donors (Lipinski definition) is 2. The van der Waals surface area contributed by atoms with Crippen molar-refractivity contribution in [2.75, 3.05) is 53.0 Å². The molecule has 1 aromatic rings. The van der Waals surface area contributed by atoms with E-state index >= 15 is 0 Å². The second-order valence-electron chi connectivity index (χ2n) is 6.95. The molecule has 0 saturated carbocycles. The summed E-state index contributed by atoms with van der Waals surface area (Å²) in [6.07, 6.45) is 4.13. The molecule has 1 fully saturated rings. The van der Waals surface area contributed by atoms with Crippen molar-refractivity contribution >= 4 is 23.8 Å². The Balaban J connectivity index is 1.86. The zero-order valence-corrected chi connectivity index (χ0v) is 17.6. The summed E-state index contributed by atoms with van der Waals surface area (Å²) < 4.78 is 10.6. The van der Waals surface area contributed by atoms with E-state index in [-0.39, 0.29) is 18.4 Å². The smallest absolute Gasteiger partial charge is 0.255 e. The molecule has 164 valence electrons. The van der Waals surface area contributed by atoms with Crippen molar-refractivity contribution in [2.24, 2.45) is 5.73 Å². The summed E-state index contributed by atoms with van der Waals surface area (Å²) in [4.78, 5) is 39.0. The molecule has 3 N–H and O–H groups in total. The molecule has 1 aliphatic rings. The summed E-state index contributed by atoms with van der Waals surface area (Å²) in [7, 11) is 1.49. The van der Waals surface area contributed by atoms with Crippen LogP contribution in [0, 0.1) is 0 Å². The van der Waals surface area contributed by atoms with Crippen molar-refractivity contribution < 1.29 is 23.9 Å². The van der Waals surface area contributed by atoms with Gasteiger partial charge in [-0.3, -0.25) is 19.3 Å². The molecule has 9 nitrogen and oxygen atoms in total. The first-order valence-electron chi connectivity index (χ1n) is 9.98. The molecule has 0 atom stereocenters. The van der Waals surface area contributed by atoms with Gasteiger partial charge in [0.05, 0.1) is 13.7 Å². The van der Waals surface area contributed by atoms with E-state index in [2.05, 4.69) is 5.32 Å². The second kappa shape index (κ2) is 11.8. The molecule has 1 aromatic carbocycles. The summed E-state index contributed by atoms with van der Waals surface area (Å²) in [6, 6.07) is 5.14. The normalized spacial score (nSPS) is 14.5. The molecule has 0 aliphatic carbocycles. The number of carbonyl (C=O) groups excluding carboxylic acids is 3. The number of hydrogen-bond acceptors (Lipinski definition) is 6. The average Bonchev–Trinajstić information content (AvgIpc) is 2.75. The molecule has 1 aliphatic heterocycles. The van der Waals surface area contributed by atoms with Crippen molar-refractivity contribution in [3.63, 3.8) is 0 Å². The summed E-state index contributed by atoms with van der Waals surface area (Å²) >= 11 is 0. The molecule has 0 unspecified atom stereocenters. The van der Waals surface area contributed by atoms with Gasteiger partial charge in [0.15, 0.2) is 18.1 Å². The first-order valence-corrected chi connectivity index (χ1v) is 9.98. The zero-order valence-electron chi connectivity index (χ0n) is 17.6. The third kappa shape index (κ3) is 7.40. The number of piperazine rings is 1. The van der Waals surface area contributed by atoms with Gasteiger partial charge in [-0.15, -0.1) is 0 Å². The SMILES string of the molecule is CCCNC(=O)CN1CCN(C(=O)/C=C/c2ccc(OCC(N)=O)c(OC)c2)CC1. The van der Waals surface area contributed by atoms with Gasteiger partial charge in [-0.1, -0.05) is 13.0 Å². The molecule has 2 rings (SSSR count). The molecule has 0 radical (unpaired) electrons. The van der Waals surface area contributed by atoms with Crippen LogP contribution in [0.15, 0.2) is 24.3 Å². The second-order valence-corrected chi connectivity index (χ2v) is 6.95. The first kappa shape index (κ1) is 23.2. The number of ether oxygens (including phenoxy) is 2. The third-order valence-corrected chi connectivity index (χ3v) is 4.60. The predicted molar refractivity (Wildman–Crippen MR) is 113 cm³/mol. The molecule has 0 spiro atoms. The van der Waals surface area contributed by atoms with E-state index in [0.29, 0.717) is 50.8 Å². The third-order valence-electron chi connectivity index (χ3n) is 4.60. The van der Waals surface area contributed by atoms with Crippen LogP contribution in [0.25, 0.3) is 6.08 Å². The van der Waals surface area contributed by atoms with E-state index in [0.717, 1.165) is 12.0 Å². The lowest BCUT2D eigenvalue weighted by Crippen LogP contribution is -2.50. The fraction of sp³-hybridized carbons (Fsp3) is 0.476. The van der Waals surface area contributed by atoms with Gasteiger partial charge >= 0.3 is 0 Å². The summed E-state index contributed by atoms with van der Waals surface area (Å²) in [5.41, 5.74) is 5.85.